The molecule has 21 heavy (non-hydrogen) atoms. The molecule has 0 heterocycles. The summed E-state index contributed by atoms with van der Waals surface area (Å²) in [6.45, 7) is 6.29. The van der Waals surface area contributed by atoms with Crippen LogP contribution in [0.15, 0.2) is 23.1 Å². The van der Waals surface area contributed by atoms with E-state index in [1.54, 1.807) is 13.1 Å². The fraction of sp³-hybridized carbons (Fsp3) is 0.600. The van der Waals surface area contributed by atoms with Crippen molar-refractivity contribution in [3.05, 3.63) is 29.6 Å². The zero-order valence-electron chi connectivity index (χ0n) is 13.2. The number of halogens is 1. The Labute approximate surface area is 127 Å². The van der Waals surface area contributed by atoms with Gasteiger partial charge in [0.15, 0.2) is 0 Å². The molecule has 0 amide bonds. The van der Waals surface area contributed by atoms with Crippen LogP contribution in [0.2, 0.25) is 0 Å². The van der Waals surface area contributed by atoms with Gasteiger partial charge in [-0.25, -0.2) is 17.5 Å². The number of nitrogens with one attached hydrogen (secondary N) is 2. The summed E-state index contributed by atoms with van der Waals surface area (Å²) in [4.78, 5) is -0.282. The first kappa shape index (κ1) is 18.1. The van der Waals surface area contributed by atoms with Crippen LogP contribution in [0, 0.1) is 5.82 Å². The Morgan fingerprint density at radius 1 is 1.14 bits per heavy atom. The van der Waals surface area contributed by atoms with E-state index >= 15 is 0 Å². The highest BCUT2D eigenvalue weighted by Crippen LogP contribution is 2.24. The maximum atomic E-state index is 14.0. The molecular formula is C15H25FN2O2S. The average molecular weight is 316 g/mol. The lowest BCUT2D eigenvalue weighted by Crippen LogP contribution is -2.47. The molecule has 1 rings (SSSR count). The molecule has 0 aliphatic carbocycles. The second-order valence-electron chi connectivity index (χ2n) is 5.24. The molecule has 1 aromatic rings. The van der Waals surface area contributed by atoms with Crippen molar-refractivity contribution in [2.45, 2.75) is 57.0 Å². The largest absolute Gasteiger partial charge is 0.316 e. The number of hydrogen-bond donors (Lipinski definition) is 2. The molecule has 0 spiro atoms. The molecule has 2 N–H and O–H groups in total. The van der Waals surface area contributed by atoms with Gasteiger partial charge in [-0.3, -0.25) is 0 Å². The summed E-state index contributed by atoms with van der Waals surface area (Å²) in [6.07, 6.45) is 1.99. The van der Waals surface area contributed by atoms with E-state index in [9.17, 15) is 12.8 Å². The van der Waals surface area contributed by atoms with Crippen LogP contribution in [-0.2, 0) is 16.6 Å². The molecular weight excluding hydrogens is 291 g/mol. The minimum Gasteiger partial charge on any atom is -0.316 e. The van der Waals surface area contributed by atoms with Gasteiger partial charge in [-0.15, -0.1) is 0 Å². The van der Waals surface area contributed by atoms with Gasteiger partial charge in [0.05, 0.1) is 0 Å². The van der Waals surface area contributed by atoms with Crippen molar-refractivity contribution in [2.24, 2.45) is 0 Å². The van der Waals surface area contributed by atoms with Crippen molar-refractivity contribution in [1.29, 1.82) is 0 Å². The van der Waals surface area contributed by atoms with Crippen LogP contribution in [0.25, 0.3) is 0 Å². The van der Waals surface area contributed by atoms with Crippen LogP contribution < -0.4 is 10.0 Å². The van der Waals surface area contributed by atoms with Crippen LogP contribution in [0.3, 0.4) is 0 Å². The Balaban J connectivity index is 3.21. The normalized spacial score (nSPS) is 12.6. The Morgan fingerprint density at radius 2 is 1.71 bits per heavy atom. The molecule has 0 fully saturated rings. The SMILES string of the molecule is CCC(CC)(CC)NS(=O)(=O)c1cc(CNC)ccc1F. The summed E-state index contributed by atoms with van der Waals surface area (Å²) in [6, 6.07) is 4.17. The molecule has 120 valence electrons. The molecule has 0 aliphatic rings. The molecule has 0 aromatic heterocycles. The molecule has 0 saturated heterocycles. The van der Waals surface area contributed by atoms with E-state index in [0.717, 1.165) is 5.56 Å². The predicted octanol–water partition coefficient (Wildman–Crippen LogP) is 2.79. The van der Waals surface area contributed by atoms with Gasteiger partial charge in [0, 0.05) is 12.1 Å². The molecule has 0 aliphatic heterocycles. The Hall–Kier alpha value is -0.980. The lowest BCUT2D eigenvalue weighted by Gasteiger charge is -2.31. The zero-order chi connectivity index (χ0) is 16.1. The first-order chi connectivity index (χ1) is 9.84. The van der Waals surface area contributed by atoms with E-state index in [1.807, 2.05) is 20.8 Å². The molecule has 4 nitrogen and oxygen atoms in total. The summed E-state index contributed by atoms with van der Waals surface area (Å²) in [7, 11) is -2.12. The molecule has 0 bridgehead atoms. The monoisotopic (exact) mass is 316 g/mol. The highest BCUT2D eigenvalue weighted by molar-refractivity contribution is 7.89. The topological polar surface area (TPSA) is 58.2 Å². The first-order valence-corrected chi connectivity index (χ1v) is 8.79. The van der Waals surface area contributed by atoms with Crippen molar-refractivity contribution < 1.29 is 12.8 Å². The quantitative estimate of drug-likeness (QED) is 0.775. The average Bonchev–Trinajstić information content (AvgIpc) is 2.47. The van der Waals surface area contributed by atoms with E-state index < -0.39 is 21.4 Å². The number of benzene rings is 1. The fourth-order valence-corrected chi connectivity index (χ4v) is 4.12. The highest BCUT2D eigenvalue weighted by atomic mass is 32.2. The van der Waals surface area contributed by atoms with Crippen LogP contribution in [0.1, 0.15) is 45.6 Å². The Morgan fingerprint density at radius 3 is 2.19 bits per heavy atom. The van der Waals surface area contributed by atoms with Gasteiger partial charge < -0.3 is 5.32 Å². The Bertz CT molecular complexity index is 561. The molecule has 0 radical (unpaired) electrons. The van der Waals surface area contributed by atoms with Gasteiger partial charge >= 0.3 is 0 Å². The summed E-state index contributed by atoms with van der Waals surface area (Å²) in [5, 5.41) is 2.93. The summed E-state index contributed by atoms with van der Waals surface area (Å²) in [5.74, 6) is -0.723. The number of hydrogen-bond acceptors (Lipinski definition) is 3. The van der Waals surface area contributed by atoms with E-state index in [1.165, 1.54) is 12.1 Å². The number of sulfonamides is 1. The molecule has 0 atom stereocenters. The summed E-state index contributed by atoms with van der Waals surface area (Å²) in [5.41, 5.74) is 0.207. The molecule has 0 saturated carbocycles. The summed E-state index contributed by atoms with van der Waals surface area (Å²) < 4.78 is 41.7. The van der Waals surface area contributed by atoms with Crippen molar-refractivity contribution in [2.75, 3.05) is 7.05 Å². The third-order valence-corrected chi connectivity index (χ3v) is 5.64. The zero-order valence-corrected chi connectivity index (χ0v) is 14.0. The van der Waals surface area contributed by atoms with Gasteiger partial charge in [-0.2, -0.15) is 0 Å². The van der Waals surface area contributed by atoms with Crippen LogP contribution in [0.5, 0.6) is 0 Å². The first-order valence-electron chi connectivity index (χ1n) is 7.31. The third-order valence-electron chi connectivity index (χ3n) is 4.05. The maximum Gasteiger partial charge on any atom is 0.243 e. The van der Waals surface area contributed by atoms with E-state index in [-0.39, 0.29) is 4.90 Å². The predicted molar refractivity (Wildman–Crippen MR) is 83.1 cm³/mol. The second-order valence-corrected chi connectivity index (χ2v) is 6.89. The fourth-order valence-electron chi connectivity index (χ4n) is 2.37. The maximum absolute atomic E-state index is 14.0. The minimum absolute atomic E-state index is 0.282. The minimum atomic E-state index is -3.88. The van der Waals surface area contributed by atoms with Crippen molar-refractivity contribution in [1.82, 2.24) is 10.0 Å². The van der Waals surface area contributed by atoms with Crippen molar-refractivity contribution in [3.8, 4) is 0 Å². The molecule has 1 aromatic carbocycles. The standard InChI is InChI=1S/C15H25FN2O2S/c1-5-15(6-2,7-3)18-21(19,20)14-10-12(11-17-4)8-9-13(14)16/h8-10,17-18H,5-7,11H2,1-4H3. The lowest BCUT2D eigenvalue weighted by molar-refractivity contribution is 0.341. The van der Waals surface area contributed by atoms with Crippen LogP contribution in [-0.4, -0.2) is 21.0 Å². The van der Waals surface area contributed by atoms with E-state index in [0.29, 0.717) is 25.8 Å². The highest BCUT2D eigenvalue weighted by Gasteiger charge is 2.31. The van der Waals surface area contributed by atoms with Gasteiger partial charge in [0.2, 0.25) is 10.0 Å². The van der Waals surface area contributed by atoms with Crippen molar-refractivity contribution >= 4 is 10.0 Å². The van der Waals surface area contributed by atoms with Gasteiger partial charge in [0.25, 0.3) is 0 Å². The molecule has 6 heteroatoms. The van der Waals surface area contributed by atoms with E-state index in [4.69, 9.17) is 0 Å². The van der Waals surface area contributed by atoms with Crippen molar-refractivity contribution in [3.63, 3.8) is 0 Å². The Kier molecular flexibility index (Phi) is 6.31. The molecule has 0 unspecified atom stereocenters. The number of rotatable bonds is 8. The van der Waals surface area contributed by atoms with Crippen LogP contribution >= 0.6 is 0 Å². The van der Waals surface area contributed by atoms with E-state index in [2.05, 4.69) is 10.0 Å². The van der Waals surface area contributed by atoms with Gasteiger partial charge in [-0.05, 0) is 44.0 Å². The third kappa shape index (κ3) is 4.25. The van der Waals surface area contributed by atoms with Crippen LogP contribution in [0.4, 0.5) is 4.39 Å². The second kappa shape index (κ2) is 7.33. The van der Waals surface area contributed by atoms with Gasteiger partial charge in [-0.1, -0.05) is 26.8 Å². The summed E-state index contributed by atoms with van der Waals surface area (Å²) >= 11 is 0. The lowest BCUT2D eigenvalue weighted by atomic mass is 9.91. The smallest absolute Gasteiger partial charge is 0.243 e. The van der Waals surface area contributed by atoms with Gasteiger partial charge in [0.1, 0.15) is 10.7 Å².